The van der Waals surface area contributed by atoms with E-state index in [-0.39, 0.29) is 12.0 Å². The Morgan fingerprint density at radius 1 is 1.76 bits per heavy atom. The predicted octanol–water partition coefficient (Wildman–Crippen LogP) is 0.580. The summed E-state index contributed by atoms with van der Waals surface area (Å²) < 4.78 is 5.04. The number of carbonyl (C=O) groups is 1. The average molecular weight is 256 g/mol. The summed E-state index contributed by atoms with van der Waals surface area (Å²) >= 11 is 1.47. The van der Waals surface area contributed by atoms with Crippen molar-refractivity contribution in [2.75, 3.05) is 12.4 Å². The molecule has 0 radical (unpaired) electrons. The number of nitrogens with zero attached hydrogens (tertiary/aromatic N) is 2. The lowest BCUT2D eigenvalue weighted by atomic mass is 10.3. The second-order valence-electron chi connectivity index (χ2n) is 3.85. The normalized spacial score (nSPS) is 16.8. The minimum atomic E-state index is -0.266. The lowest BCUT2D eigenvalue weighted by molar-refractivity contribution is -0.145. The Kier molecular flexibility index (Phi) is 4.38. The van der Waals surface area contributed by atoms with E-state index in [4.69, 9.17) is 4.74 Å². The van der Waals surface area contributed by atoms with Crippen molar-refractivity contribution in [3.05, 3.63) is 6.33 Å². The maximum atomic E-state index is 11.7. The van der Waals surface area contributed by atoms with Gasteiger partial charge in [-0.3, -0.25) is 9.89 Å². The zero-order valence-corrected chi connectivity index (χ0v) is 10.5. The first-order valence-corrected chi connectivity index (χ1v) is 6.69. The van der Waals surface area contributed by atoms with Gasteiger partial charge in [-0.15, -0.1) is 0 Å². The molecule has 2 N–H and O–H groups in total. The summed E-state index contributed by atoms with van der Waals surface area (Å²) in [5.74, 6) is 0.413. The predicted molar refractivity (Wildman–Crippen MR) is 63.7 cm³/mol. The molecular weight excluding hydrogens is 240 g/mol. The Hall–Kier alpha value is -1.08. The molecule has 0 amide bonds. The Bertz CT molecular complexity index is 353. The number of carbonyl (C=O) groups excluding carboxylic acids is 1. The number of thioether (sulfide) groups is 1. The number of esters is 1. The van der Waals surface area contributed by atoms with Crippen LogP contribution in [0.4, 0.5) is 0 Å². The number of rotatable bonds is 7. The molecule has 94 valence electrons. The maximum Gasteiger partial charge on any atom is 0.324 e. The van der Waals surface area contributed by atoms with Crippen LogP contribution in [-0.4, -0.2) is 45.6 Å². The third-order valence-electron chi connectivity index (χ3n) is 2.36. The molecule has 1 aliphatic rings. The standard InChI is InChI=1S/C10H16N4O2S/c1-2-16-9(15)8(13-7-3-4-7)5-17-10-11-6-12-14-10/h6-8,13H,2-5H2,1H3,(H,11,12,14). The minimum absolute atomic E-state index is 0.189. The highest BCUT2D eigenvalue weighted by Gasteiger charge is 2.29. The monoisotopic (exact) mass is 256 g/mol. The molecule has 17 heavy (non-hydrogen) atoms. The highest BCUT2D eigenvalue weighted by atomic mass is 32.2. The molecule has 0 saturated heterocycles. The minimum Gasteiger partial charge on any atom is -0.465 e. The molecule has 6 nitrogen and oxygen atoms in total. The molecule has 0 spiro atoms. The molecule has 1 unspecified atom stereocenters. The summed E-state index contributed by atoms with van der Waals surface area (Å²) in [5.41, 5.74) is 0. The Morgan fingerprint density at radius 3 is 3.18 bits per heavy atom. The lowest BCUT2D eigenvalue weighted by Gasteiger charge is -2.15. The summed E-state index contributed by atoms with van der Waals surface area (Å²) in [7, 11) is 0. The number of nitrogens with one attached hydrogen (secondary N) is 2. The van der Waals surface area contributed by atoms with Gasteiger partial charge in [0, 0.05) is 11.8 Å². The number of aromatic amines is 1. The van der Waals surface area contributed by atoms with Crippen LogP contribution in [0, 0.1) is 0 Å². The molecule has 1 fully saturated rings. The zero-order chi connectivity index (χ0) is 12.1. The van der Waals surface area contributed by atoms with Gasteiger partial charge in [-0.2, -0.15) is 5.10 Å². The molecule has 1 aromatic heterocycles. The number of H-pyrrole nitrogens is 1. The van der Waals surface area contributed by atoms with Crippen molar-refractivity contribution in [1.29, 1.82) is 0 Å². The van der Waals surface area contributed by atoms with Crippen LogP contribution >= 0.6 is 11.8 Å². The van der Waals surface area contributed by atoms with E-state index in [0.717, 1.165) is 18.0 Å². The van der Waals surface area contributed by atoms with Crippen molar-refractivity contribution < 1.29 is 9.53 Å². The average Bonchev–Trinajstić information content (AvgIpc) is 2.98. The number of hydrogen-bond acceptors (Lipinski definition) is 6. The van der Waals surface area contributed by atoms with E-state index in [1.807, 2.05) is 6.92 Å². The first-order valence-electron chi connectivity index (χ1n) is 5.70. The molecule has 2 rings (SSSR count). The smallest absolute Gasteiger partial charge is 0.324 e. The van der Waals surface area contributed by atoms with Gasteiger partial charge in [0.15, 0.2) is 5.16 Å². The summed E-state index contributed by atoms with van der Waals surface area (Å²) in [4.78, 5) is 15.7. The Morgan fingerprint density at radius 2 is 2.59 bits per heavy atom. The summed E-state index contributed by atoms with van der Waals surface area (Å²) in [6.45, 7) is 2.23. The molecule has 1 heterocycles. The van der Waals surface area contributed by atoms with Crippen LogP contribution in [0.3, 0.4) is 0 Å². The number of hydrogen-bond donors (Lipinski definition) is 2. The summed E-state index contributed by atoms with van der Waals surface area (Å²) in [6, 6.07) is 0.206. The van der Waals surface area contributed by atoms with Crippen molar-refractivity contribution in [1.82, 2.24) is 20.5 Å². The van der Waals surface area contributed by atoms with Gasteiger partial charge >= 0.3 is 5.97 Å². The fraction of sp³-hybridized carbons (Fsp3) is 0.700. The van der Waals surface area contributed by atoms with Crippen LogP contribution in [-0.2, 0) is 9.53 Å². The van der Waals surface area contributed by atoms with Gasteiger partial charge in [0.1, 0.15) is 12.4 Å². The lowest BCUT2D eigenvalue weighted by Crippen LogP contribution is -2.41. The third kappa shape index (κ3) is 4.01. The van der Waals surface area contributed by atoms with Crippen molar-refractivity contribution in [2.45, 2.75) is 37.0 Å². The molecule has 0 aliphatic heterocycles. The Balaban J connectivity index is 1.83. The van der Waals surface area contributed by atoms with Crippen LogP contribution in [0.2, 0.25) is 0 Å². The van der Waals surface area contributed by atoms with Gasteiger partial charge < -0.3 is 10.1 Å². The van der Waals surface area contributed by atoms with Gasteiger partial charge in [-0.25, -0.2) is 4.98 Å². The van der Waals surface area contributed by atoms with Crippen molar-refractivity contribution in [3.8, 4) is 0 Å². The van der Waals surface area contributed by atoms with Crippen LogP contribution < -0.4 is 5.32 Å². The largest absolute Gasteiger partial charge is 0.465 e. The maximum absolute atomic E-state index is 11.7. The van der Waals surface area contributed by atoms with Crippen LogP contribution in [0.15, 0.2) is 11.5 Å². The van der Waals surface area contributed by atoms with Crippen LogP contribution in [0.1, 0.15) is 19.8 Å². The van der Waals surface area contributed by atoms with Crippen molar-refractivity contribution in [2.24, 2.45) is 0 Å². The fourth-order valence-electron chi connectivity index (χ4n) is 1.39. The van der Waals surface area contributed by atoms with E-state index < -0.39 is 0 Å². The fourth-order valence-corrected chi connectivity index (χ4v) is 2.18. The molecule has 1 atom stereocenters. The molecule has 0 aromatic carbocycles. The van der Waals surface area contributed by atoms with E-state index >= 15 is 0 Å². The molecule has 1 aliphatic carbocycles. The number of aromatic nitrogens is 3. The van der Waals surface area contributed by atoms with Gasteiger partial charge in [0.05, 0.1) is 6.61 Å². The van der Waals surface area contributed by atoms with E-state index in [1.165, 1.54) is 18.1 Å². The van der Waals surface area contributed by atoms with Crippen molar-refractivity contribution in [3.63, 3.8) is 0 Å². The molecule has 1 aromatic rings. The molecular formula is C10H16N4O2S. The quantitative estimate of drug-likeness (QED) is 0.549. The first kappa shape index (κ1) is 12.4. The van der Waals surface area contributed by atoms with Crippen molar-refractivity contribution >= 4 is 17.7 Å². The highest BCUT2D eigenvalue weighted by molar-refractivity contribution is 7.99. The SMILES string of the molecule is CCOC(=O)C(CSc1ncn[nH]1)NC1CC1. The van der Waals surface area contributed by atoms with E-state index in [2.05, 4.69) is 20.5 Å². The molecule has 1 saturated carbocycles. The summed E-state index contributed by atoms with van der Waals surface area (Å²) in [5, 5.41) is 10.5. The van der Waals surface area contributed by atoms with E-state index in [0.29, 0.717) is 18.4 Å². The number of ether oxygens (including phenoxy) is 1. The summed E-state index contributed by atoms with van der Waals surface area (Å²) in [6.07, 6.45) is 3.74. The van der Waals surface area contributed by atoms with Crippen LogP contribution in [0.5, 0.6) is 0 Å². The molecule has 0 bridgehead atoms. The first-order chi connectivity index (χ1) is 8.29. The molecule has 7 heteroatoms. The van der Waals surface area contributed by atoms with E-state index in [9.17, 15) is 4.79 Å². The topological polar surface area (TPSA) is 79.9 Å². The zero-order valence-electron chi connectivity index (χ0n) is 9.68. The van der Waals surface area contributed by atoms with Crippen LogP contribution in [0.25, 0.3) is 0 Å². The second kappa shape index (κ2) is 6.02. The highest BCUT2D eigenvalue weighted by Crippen LogP contribution is 2.21. The third-order valence-corrected chi connectivity index (χ3v) is 3.34. The Labute approximate surface area is 104 Å². The van der Waals surface area contributed by atoms with Gasteiger partial charge in [-0.1, -0.05) is 11.8 Å². The van der Waals surface area contributed by atoms with Gasteiger partial charge in [0.25, 0.3) is 0 Å². The second-order valence-corrected chi connectivity index (χ2v) is 4.86. The van der Waals surface area contributed by atoms with E-state index in [1.54, 1.807) is 0 Å². The van der Waals surface area contributed by atoms with Gasteiger partial charge in [0.2, 0.25) is 0 Å². The van der Waals surface area contributed by atoms with Gasteiger partial charge in [-0.05, 0) is 19.8 Å².